The van der Waals surface area contributed by atoms with Crippen LogP contribution in [-0.4, -0.2) is 17.8 Å². The molecule has 0 N–H and O–H groups in total. The van der Waals surface area contributed by atoms with Gasteiger partial charge >= 0.3 is 0 Å². The molecule has 0 fully saturated rings. The lowest BCUT2D eigenvalue weighted by molar-refractivity contribution is 0.753. The maximum absolute atomic E-state index is 4.04. The highest BCUT2D eigenvalue weighted by molar-refractivity contribution is 5.93. The third-order valence-electron chi connectivity index (χ3n) is 1.27. The summed E-state index contributed by atoms with van der Waals surface area (Å²) in [6.45, 7) is 11.4. The van der Waals surface area contributed by atoms with Crippen LogP contribution in [0, 0.1) is 0 Å². The van der Waals surface area contributed by atoms with Gasteiger partial charge in [-0.2, -0.15) is 0 Å². The standard InChI is InChI=1S/C10H16N2/c1-6-10(11-5)12(7-2)8-9(3)4/h6-8H,1-2H2,3-5H3. The average molecular weight is 164 g/mol. The molecular formula is C10H16N2. The summed E-state index contributed by atoms with van der Waals surface area (Å²) in [5.41, 5.74) is 1.19. The molecule has 0 unspecified atom stereocenters. The van der Waals surface area contributed by atoms with Gasteiger partial charge in [0.1, 0.15) is 5.84 Å². The van der Waals surface area contributed by atoms with Crippen LogP contribution in [0.25, 0.3) is 0 Å². The summed E-state index contributed by atoms with van der Waals surface area (Å²) >= 11 is 0. The van der Waals surface area contributed by atoms with Crippen LogP contribution in [-0.2, 0) is 0 Å². The van der Waals surface area contributed by atoms with Gasteiger partial charge in [0.25, 0.3) is 0 Å². The predicted octanol–water partition coefficient (Wildman–Crippen LogP) is 2.57. The first-order valence-electron chi connectivity index (χ1n) is 3.80. The van der Waals surface area contributed by atoms with E-state index in [1.807, 2.05) is 24.9 Å². The number of nitrogens with zero attached hydrogens (tertiary/aromatic N) is 2. The molecule has 0 rings (SSSR count). The zero-order valence-electron chi connectivity index (χ0n) is 8.04. The highest BCUT2D eigenvalue weighted by atomic mass is 15.1. The maximum Gasteiger partial charge on any atom is 0.130 e. The van der Waals surface area contributed by atoms with Gasteiger partial charge in [-0.1, -0.05) is 18.7 Å². The van der Waals surface area contributed by atoms with Crippen LogP contribution in [0.15, 0.2) is 42.2 Å². The van der Waals surface area contributed by atoms with Gasteiger partial charge in [0, 0.05) is 19.4 Å². The van der Waals surface area contributed by atoms with Gasteiger partial charge in [-0.25, -0.2) is 0 Å². The third-order valence-corrected chi connectivity index (χ3v) is 1.27. The van der Waals surface area contributed by atoms with E-state index >= 15 is 0 Å². The van der Waals surface area contributed by atoms with Gasteiger partial charge < -0.3 is 4.90 Å². The van der Waals surface area contributed by atoms with Crippen LogP contribution in [0.5, 0.6) is 0 Å². The van der Waals surface area contributed by atoms with Gasteiger partial charge in [0.2, 0.25) is 0 Å². The second-order valence-corrected chi connectivity index (χ2v) is 2.58. The predicted molar refractivity (Wildman–Crippen MR) is 55.0 cm³/mol. The molecule has 0 bridgehead atoms. The Bertz CT molecular complexity index is 220. The van der Waals surface area contributed by atoms with Crippen molar-refractivity contribution in [1.82, 2.24) is 4.90 Å². The first kappa shape index (κ1) is 10.7. The monoisotopic (exact) mass is 164 g/mol. The molecule has 0 spiro atoms. The molecule has 0 amide bonds. The topological polar surface area (TPSA) is 15.6 Å². The highest BCUT2D eigenvalue weighted by Crippen LogP contribution is 1.99. The molecule has 0 aromatic carbocycles. The molecule has 0 radical (unpaired) electrons. The Morgan fingerprint density at radius 2 is 1.92 bits per heavy atom. The minimum atomic E-state index is 0.797. The van der Waals surface area contributed by atoms with Crippen molar-refractivity contribution in [2.24, 2.45) is 4.99 Å². The van der Waals surface area contributed by atoms with Crippen molar-refractivity contribution in [2.45, 2.75) is 13.8 Å². The van der Waals surface area contributed by atoms with E-state index in [2.05, 4.69) is 18.2 Å². The van der Waals surface area contributed by atoms with E-state index in [4.69, 9.17) is 0 Å². The third kappa shape index (κ3) is 3.19. The highest BCUT2D eigenvalue weighted by Gasteiger charge is 1.98. The SMILES string of the molecule is C=CC(=NC)N(C=C)C=C(C)C. The number of rotatable bonds is 3. The minimum absolute atomic E-state index is 0.797. The Balaban J connectivity index is 4.66. The summed E-state index contributed by atoms with van der Waals surface area (Å²) in [6.07, 6.45) is 5.36. The van der Waals surface area contributed by atoms with Gasteiger partial charge in [0.05, 0.1) is 0 Å². The average Bonchev–Trinajstić information content (AvgIpc) is 2.04. The van der Waals surface area contributed by atoms with Crippen molar-refractivity contribution >= 4 is 5.84 Å². The zero-order valence-corrected chi connectivity index (χ0v) is 8.04. The number of hydrogen-bond donors (Lipinski definition) is 0. The fourth-order valence-corrected chi connectivity index (χ4v) is 0.803. The van der Waals surface area contributed by atoms with Gasteiger partial charge in [0.15, 0.2) is 0 Å². The van der Waals surface area contributed by atoms with E-state index in [0.29, 0.717) is 0 Å². The minimum Gasteiger partial charge on any atom is -0.310 e. The summed E-state index contributed by atoms with van der Waals surface area (Å²) < 4.78 is 0. The molecular weight excluding hydrogens is 148 g/mol. The van der Waals surface area contributed by atoms with Crippen LogP contribution in [0.2, 0.25) is 0 Å². The van der Waals surface area contributed by atoms with Crippen molar-refractivity contribution < 1.29 is 0 Å². The van der Waals surface area contributed by atoms with E-state index in [-0.39, 0.29) is 0 Å². The van der Waals surface area contributed by atoms with E-state index in [1.165, 1.54) is 5.57 Å². The molecule has 12 heavy (non-hydrogen) atoms. The van der Waals surface area contributed by atoms with Crippen molar-refractivity contribution in [3.8, 4) is 0 Å². The Kier molecular flexibility index (Phi) is 4.77. The van der Waals surface area contributed by atoms with Crippen molar-refractivity contribution in [1.29, 1.82) is 0 Å². The smallest absolute Gasteiger partial charge is 0.130 e. The first-order valence-corrected chi connectivity index (χ1v) is 3.80. The molecule has 0 aliphatic carbocycles. The Hall–Kier alpha value is -1.31. The molecule has 2 heteroatoms. The lowest BCUT2D eigenvalue weighted by Gasteiger charge is -2.14. The second-order valence-electron chi connectivity index (χ2n) is 2.58. The summed E-state index contributed by atoms with van der Waals surface area (Å²) in [5, 5.41) is 0. The fraction of sp³-hybridized carbons (Fsp3) is 0.300. The Morgan fingerprint density at radius 3 is 2.17 bits per heavy atom. The van der Waals surface area contributed by atoms with Gasteiger partial charge in [-0.15, -0.1) is 0 Å². The molecule has 66 valence electrons. The Morgan fingerprint density at radius 1 is 1.33 bits per heavy atom. The molecule has 0 saturated carbocycles. The summed E-state index contributed by atoms with van der Waals surface area (Å²) in [6, 6.07) is 0. The Labute approximate surface area is 74.6 Å². The number of aliphatic imine (C=N–C) groups is 1. The van der Waals surface area contributed by atoms with Crippen LogP contribution in [0.1, 0.15) is 13.8 Å². The number of hydrogen-bond acceptors (Lipinski definition) is 1. The number of allylic oxidation sites excluding steroid dienone is 1. The second kappa shape index (κ2) is 5.35. The van der Waals surface area contributed by atoms with Gasteiger partial charge in [-0.05, 0) is 19.9 Å². The van der Waals surface area contributed by atoms with E-state index in [1.54, 1.807) is 19.3 Å². The fourth-order valence-electron chi connectivity index (χ4n) is 0.803. The summed E-state index contributed by atoms with van der Waals surface area (Å²) in [7, 11) is 1.73. The first-order chi connectivity index (χ1) is 5.65. The molecule has 0 aliphatic heterocycles. The molecule has 0 atom stereocenters. The normalized spacial score (nSPS) is 10.4. The lowest BCUT2D eigenvalue weighted by atomic mass is 10.3. The van der Waals surface area contributed by atoms with Gasteiger partial charge in [-0.3, -0.25) is 4.99 Å². The van der Waals surface area contributed by atoms with E-state index in [0.717, 1.165) is 5.84 Å². The molecule has 0 heterocycles. The van der Waals surface area contributed by atoms with Crippen LogP contribution < -0.4 is 0 Å². The summed E-state index contributed by atoms with van der Waals surface area (Å²) in [5.74, 6) is 0.797. The zero-order chi connectivity index (χ0) is 9.56. The van der Waals surface area contributed by atoms with Crippen LogP contribution >= 0.6 is 0 Å². The summed E-state index contributed by atoms with van der Waals surface area (Å²) in [4.78, 5) is 5.88. The quantitative estimate of drug-likeness (QED) is 0.462. The van der Waals surface area contributed by atoms with Crippen molar-refractivity contribution in [3.05, 3.63) is 37.2 Å². The van der Waals surface area contributed by atoms with Crippen molar-refractivity contribution in [2.75, 3.05) is 7.05 Å². The maximum atomic E-state index is 4.04. The van der Waals surface area contributed by atoms with Crippen LogP contribution in [0.4, 0.5) is 0 Å². The molecule has 0 aliphatic rings. The molecule has 0 aromatic heterocycles. The largest absolute Gasteiger partial charge is 0.310 e. The molecule has 2 nitrogen and oxygen atoms in total. The molecule has 0 aromatic rings. The molecule has 0 saturated heterocycles. The number of amidine groups is 1. The van der Waals surface area contributed by atoms with E-state index in [9.17, 15) is 0 Å². The van der Waals surface area contributed by atoms with Crippen LogP contribution in [0.3, 0.4) is 0 Å². The van der Waals surface area contributed by atoms with Crippen molar-refractivity contribution in [3.63, 3.8) is 0 Å². The van der Waals surface area contributed by atoms with E-state index < -0.39 is 0 Å². The lowest BCUT2D eigenvalue weighted by Crippen LogP contribution is -2.17.